The number of aryl methyl sites for hydroxylation is 1. The zero-order valence-corrected chi connectivity index (χ0v) is 8.83. The largest absolute Gasteiger partial charge is 0.287 e. The highest BCUT2D eigenvalue weighted by atomic mass is 14.8. The summed E-state index contributed by atoms with van der Waals surface area (Å²) >= 11 is 0. The molecule has 1 aromatic carbocycles. The standard InChI is InChI=1S/C12H17N/c1-5-13-12(3,4)11-8-6-10(2)7-9-11/h5-9H,1-4H3. The average molecular weight is 175 g/mol. The zero-order chi connectivity index (χ0) is 9.90. The van der Waals surface area contributed by atoms with E-state index in [-0.39, 0.29) is 5.54 Å². The lowest BCUT2D eigenvalue weighted by Crippen LogP contribution is -2.13. The van der Waals surface area contributed by atoms with Crippen molar-refractivity contribution < 1.29 is 0 Å². The first-order chi connectivity index (χ1) is 6.06. The molecule has 0 aromatic heterocycles. The fraction of sp³-hybridized carbons (Fsp3) is 0.417. The number of hydrogen-bond acceptors (Lipinski definition) is 1. The molecule has 1 aromatic rings. The second-order valence-corrected chi connectivity index (χ2v) is 3.81. The van der Waals surface area contributed by atoms with Gasteiger partial charge in [0.1, 0.15) is 0 Å². The van der Waals surface area contributed by atoms with Gasteiger partial charge in [0.15, 0.2) is 0 Å². The Balaban J connectivity index is 3.00. The molecule has 1 nitrogen and oxygen atoms in total. The van der Waals surface area contributed by atoms with Gasteiger partial charge in [-0.05, 0) is 39.5 Å². The Morgan fingerprint density at radius 1 is 1.15 bits per heavy atom. The Kier molecular flexibility index (Phi) is 2.86. The molecule has 0 aliphatic rings. The third-order valence-electron chi connectivity index (χ3n) is 2.21. The lowest BCUT2D eigenvalue weighted by Gasteiger charge is -2.19. The highest BCUT2D eigenvalue weighted by Crippen LogP contribution is 2.24. The van der Waals surface area contributed by atoms with Crippen LogP contribution in [0.1, 0.15) is 31.9 Å². The van der Waals surface area contributed by atoms with Gasteiger partial charge in [-0.15, -0.1) is 0 Å². The second-order valence-electron chi connectivity index (χ2n) is 3.81. The molecule has 0 saturated carbocycles. The predicted molar refractivity (Wildman–Crippen MR) is 58.4 cm³/mol. The van der Waals surface area contributed by atoms with Crippen molar-refractivity contribution in [3.8, 4) is 0 Å². The van der Waals surface area contributed by atoms with Gasteiger partial charge in [-0.1, -0.05) is 29.8 Å². The maximum absolute atomic E-state index is 4.43. The third kappa shape index (κ3) is 2.41. The van der Waals surface area contributed by atoms with Gasteiger partial charge < -0.3 is 0 Å². The summed E-state index contributed by atoms with van der Waals surface area (Å²) in [7, 11) is 0. The monoisotopic (exact) mass is 175 g/mol. The minimum atomic E-state index is -0.0948. The molecule has 0 saturated heterocycles. The summed E-state index contributed by atoms with van der Waals surface area (Å²) in [5.74, 6) is 0. The summed E-state index contributed by atoms with van der Waals surface area (Å²) < 4.78 is 0. The smallest absolute Gasteiger partial charge is 0.0796 e. The van der Waals surface area contributed by atoms with Crippen LogP contribution in [0.2, 0.25) is 0 Å². The molecule has 1 heteroatoms. The Morgan fingerprint density at radius 2 is 1.69 bits per heavy atom. The number of nitrogens with zero attached hydrogens (tertiary/aromatic N) is 1. The molecule has 0 fully saturated rings. The van der Waals surface area contributed by atoms with E-state index in [0.29, 0.717) is 0 Å². The van der Waals surface area contributed by atoms with E-state index in [9.17, 15) is 0 Å². The molecular weight excluding hydrogens is 158 g/mol. The van der Waals surface area contributed by atoms with Gasteiger partial charge in [0.25, 0.3) is 0 Å². The van der Waals surface area contributed by atoms with Crippen LogP contribution in [0.15, 0.2) is 29.3 Å². The maximum atomic E-state index is 4.43. The lowest BCUT2D eigenvalue weighted by molar-refractivity contribution is 0.560. The minimum Gasteiger partial charge on any atom is -0.287 e. The van der Waals surface area contributed by atoms with Crippen molar-refractivity contribution in [3.05, 3.63) is 35.4 Å². The summed E-state index contributed by atoms with van der Waals surface area (Å²) in [5, 5.41) is 0. The van der Waals surface area contributed by atoms with Crippen molar-refractivity contribution in [2.45, 2.75) is 33.2 Å². The first-order valence-electron chi connectivity index (χ1n) is 4.63. The first kappa shape index (κ1) is 9.97. The van der Waals surface area contributed by atoms with Crippen LogP contribution in [0.25, 0.3) is 0 Å². The summed E-state index contributed by atoms with van der Waals surface area (Å²) in [4.78, 5) is 4.43. The molecule has 0 spiro atoms. The molecule has 0 amide bonds. The van der Waals surface area contributed by atoms with Gasteiger partial charge in [-0.2, -0.15) is 0 Å². The topological polar surface area (TPSA) is 12.4 Å². The van der Waals surface area contributed by atoms with Gasteiger partial charge in [0, 0.05) is 0 Å². The molecule has 0 N–H and O–H groups in total. The van der Waals surface area contributed by atoms with Gasteiger partial charge in [0.05, 0.1) is 5.54 Å². The lowest BCUT2D eigenvalue weighted by atomic mass is 9.94. The average Bonchev–Trinajstić information content (AvgIpc) is 2.05. The Labute approximate surface area is 80.5 Å². The SMILES string of the molecule is CC=NC(C)(C)c1ccc(C)cc1. The molecule has 0 bridgehead atoms. The van der Waals surface area contributed by atoms with Crippen molar-refractivity contribution in [2.24, 2.45) is 4.99 Å². The van der Waals surface area contributed by atoms with Crippen molar-refractivity contribution in [1.29, 1.82) is 0 Å². The number of rotatable bonds is 2. The van der Waals surface area contributed by atoms with Gasteiger partial charge in [-0.3, -0.25) is 4.99 Å². The summed E-state index contributed by atoms with van der Waals surface area (Å²) in [6.45, 7) is 8.30. The van der Waals surface area contributed by atoms with Crippen LogP contribution in [-0.4, -0.2) is 6.21 Å². The molecular formula is C12H17N. The van der Waals surface area contributed by atoms with Gasteiger partial charge in [-0.25, -0.2) is 0 Å². The zero-order valence-electron chi connectivity index (χ0n) is 8.83. The molecule has 70 valence electrons. The van der Waals surface area contributed by atoms with Crippen LogP contribution in [-0.2, 0) is 5.54 Å². The normalized spacial score (nSPS) is 12.3. The Morgan fingerprint density at radius 3 is 2.15 bits per heavy atom. The minimum absolute atomic E-state index is 0.0948. The van der Waals surface area contributed by atoms with E-state index in [4.69, 9.17) is 0 Å². The van der Waals surface area contributed by atoms with E-state index in [1.165, 1.54) is 11.1 Å². The molecule has 0 radical (unpaired) electrons. The quantitative estimate of drug-likeness (QED) is 0.611. The molecule has 0 heterocycles. The fourth-order valence-electron chi connectivity index (χ4n) is 1.36. The van der Waals surface area contributed by atoms with Crippen LogP contribution in [0.5, 0.6) is 0 Å². The van der Waals surface area contributed by atoms with E-state index >= 15 is 0 Å². The van der Waals surface area contributed by atoms with Crippen molar-refractivity contribution in [1.82, 2.24) is 0 Å². The van der Waals surface area contributed by atoms with E-state index in [2.05, 4.69) is 50.0 Å². The first-order valence-corrected chi connectivity index (χ1v) is 4.63. The van der Waals surface area contributed by atoms with E-state index < -0.39 is 0 Å². The Bertz CT molecular complexity index is 293. The number of hydrogen-bond donors (Lipinski definition) is 0. The van der Waals surface area contributed by atoms with Crippen LogP contribution in [0, 0.1) is 6.92 Å². The molecule has 1 rings (SSSR count). The van der Waals surface area contributed by atoms with E-state index in [1.807, 2.05) is 13.1 Å². The highest BCUT2D eigenvalue weighted by Gasteiger charge is 2.16. The number of aliphatic imine (C=N–C) groups is 1. The van der Waals surface area contributed by atoms with Crippen LogP contribution in [0.3, 0.4) is 0 Å². The van der Waals surface area contributed by atoms with Gasteiger partial charge >= 0.3 is 0 Å². The second kappa shape index (κ2) is 3.73. The molecule has 0 unspecified atom stereocenters. The summed E-state index contributed by atoms with van der Waals surface area (Å²) in [5.41, 5.74) is 2.46. The molecule has 0 aliphatic carbocycles. The van der Waals surface area contributed by atoms with E-state index in [1.54, 1.807) is 0 Å². The van der Waals surface area contributed by atoms with E-state index in [0.717, 1.165) is 0 Å². The van der Waals surface area contributed by atoms with Crippen LogP contribution in [0.4, 0.5) is 0 Å². The van der Waals surface area contributed by atoms with Crippen molar-refractivity contribution in [3.63, 3.8) is 0 Å². The maximum Gasteiger partial charge on any atom is 0.0796 e. The Hall–Kier alpha value is -1.11. The molecule has 0 atom stereocenters. The van der Waals surface area contributed by atoms with Crippen LogP contribution < -0.4 is 0 Å². The van der Waals surface area contributed by atoms with Crippen molar-refractivity contribution in [2.75, 3.05) is 0 Å². The summed E-state index contributed by atoms with van der Waals surface area (Å²) in [6, 6.07) is 8.54. The fourth-order valence-corrected chi connectivity index (χ4v) is 1.36. The molecule has 0 aliphatic heterocycles. The highest BCUT2D eigenvalue weighted by molar-refractivity contribution is 5.54. The number of benzene rings is 1. The van der Waals surface area contributed by atoms with Crippen LogP contribution >= 0.6 is 0 Å². The van der Waals surface area contributed by atoms with Gasteiger partial charge in [0.2, 0.25) is 0 Å². The third-order valence-corrected chi connectivity index (χ3v) is 2.21. The summed E-state index contributed by atoms with van der Waals surface area (Å²) in [6.07, 6.45) is 1.86. The predicted octanol–water partition coefficient (Wildman–Crippen LogP) is 3.32. The van der Waals surface area contributed by atoms with Crippen molar-refractivity contribution >= 4 is 6.21 Å². The molecule has 13 heavy (non-hydrogen) atoms.